The van der Waals surface area contributed by atoms with E-state index in [0.717, 1.165) is 6.20 Å². The van der Waals surface area contributed by atoms with Gasteiger partial charge in [0.15, 0.2) is 17.9 Å². The Balaban J connectivity index is 2.56. The maximum Gasteiger partial charge on any atom is 0.415 e. The average molecular weight is 253 g/mol. The second kappa shape index (κ2) is 5.71. The van der Waals surface area contributed by atoms with Gasteiger partial charge in [0, 0.05) is 11.2 Å². The number of hydrogen-bond acceptors (Lipinski definition) is 4. The van der Waals surface area contributed by atoms with Crippen LogP contribution in [-0.2, 0) is 11.2 Å². The van der Waals surface area contributed by atoms with Crippen molar-refractivity contribution in [2.45, 2.75) is 11.6 Å². The van der Waals surface area contributed by atoms with Crippen molar-refractivity contribution < 1.29 is 26.9 Å². The summed E-state index contributed by atoms with van der Waals surface area (Å²) in [7, 11) is 0. The molecule has 0 aromatic carbocycles. The Morgan fingerprint density at radius 2 is 2.25 bits per heavy atom. The van der Waals surface area contributed by atoms with Crippen LogP contribution in [0.4, 0.5) is 13.2 Å². The van der Waals surface area contributed by atoms with Crippen LogP contribution < -0.4 is 0 Å². The lowest BCUT2D eigenvalue weighted by Gasteiger charge is -2.03. The van der Waals surface area contributed by atoms with E-state index in [0.29, 0.717) is 6.29 Å². The van der Waals surface area contributed by atoms with Gasteiger partial charge >= 0.3 is 11.3 Å². The quantitative estimate of drug-likeness (QED) is 0.595. The van der Waals surface area contributed by atoms with Crippen molar-refractivity contribution in [3.05, 3.63) is 23.9 Å². The van der Waals surface area contributed by atoms with Crippen LogP contribution in [0.25, 0.3) is 0 Å². The first-order valence-corrected chi connectivity index (χ1v) is 5.35. The Morgan fingerprint density at radius 3 is 2.75 bits per heavy atom. The molecule has 0 radical (unpaired) electrons. The topological polar surface area (TPSA) is 66.2 Å². The molecule has 0 aliphatic heterocycles. The van der Waals surface area contributed by atoms with Gasteiger partial charge in [-0.2, -0.15) is 13.8 Å². The fourth-order valence-electron chi connectivity index (χ4n) is 0.794. The zero-order valence-electron chi connectivity index (χ0n) is 7.78. The monoisotopic (exact) mass is 253 g/mol. The van der Waals surface area contributed by atoms with Crippen LogP contribution in [0.15, 0.2) is 27.7 Å². The summed E-state index contributed by atoms with van der Waals surface area (Å²) < 4.78 is 51.7. The Morgan fingerprint density at radius 1 is 1.56 bits per heavy atom. The highest BCUT2D eigenvalue weighted by molar-refractivity contribution is 7.91. The van der Waals surface area contributed by atoms with Gasteiger partial charge in [-0.15, -0.1) is 0 Å². The summed E-state index contributed by atoms with van der Waals surface area (Å²) in [6.45, 7) is 0. The first-order chi connectivity index (χ1) is 7.54. The van der Waals surface area contributed by atoms with Crippen LogP contribution in [0.1, 0.15) is 17.0 Å². The first-order valence-electron chi connectivity index (χ1n) is 4.03. The van der Waals surface area contributed by atoms with Crippen molar-refractivity contribution in [3.8, 4) is 0 Å². The molecule has 0 amide bonds. The first kappa shape index (κ1) is 12.8. The van der Waals surface area contributed by atoms with E-state index < -0.39 is 29.5 Å². The highest BCUT2D eigenvalue weighted by atomic mass is 32.2. The van der Waals surface area contributed by atoms with E-state index in [9.17, 15) is 22.5 Å². The summed E-state index contributed by atoms with van der Waals surface area (Å²) in [5.41, 5.74) is 0. The van der Waals surface area contributed by atoms with Crippen molar-refractivity contribution in [1.82, 2.24) is 4.98 Å². The zero-order chi connectivity index (χ0) is 12.1. The summed E-state index contributed by atoms with van der Waals surface area (Å²) in [5, 5.41) is -0.283. The summed E-state index contributed by atoms with van der Waals surface area (Å²) in [4.78, 5) is 13.7. The highest BCUT2D eigenvalue weighted by Crippen LogP contribution is 2.17. The van der Waals surface area contributed by atoms with Crippen LogP contribution >= 0.6 is 0 Å². The molecule has 0 aliphatic carbocycles. The molecule has 1 unspecified atom stereocenters. The SMILES string of the molecule is O=Cc1cnc([S+]([O-])CCC(F)=C(F)F)o1. The zero-order valence-corrected chi connectivity index (χ0v) is 8.60. The van der Waals surface area contributed by atoms with E-state index in [1.54, 1.807) is 0 Å². The second-order valence-electron chi connectivity index (χ2n) is 2.61. The summed E-state index contributed by atoms with van der Waals surface area (Å²) >= 11 is -1.85. The molecule has 16 heavy (non-hydrogen) atoms. The maximum atomic E-state index is 12.4. The second-order valence-corrected chi connectivity index (χ2v) is 4.06. The molecule has 88 valence electrons. The number of halogens is 3. The molecule has 0 fully saturated rings. The van der Waals surface area contributed by atoms with E-state index in [1.165, 1.54) is 0 Å². The largest absolute Gasteiger partial charge is 0.608 e. The molecule has 4 nitrogen and oxygen atoms in total. The molecule has 0 saturated heterocycles. The van der Waals surface area contributed by atoms with Gasteiger partial charge in [0.1, 0.15) is 5.75 Å². The molecule has 0 aliphatic rings. The lowest BCUT2D eigenvalue weighted by molar-refractivity contribution is 0.109. The number of hydrogen-bond donors (Lipinski definition) is 0. The molecule has 1 rings (SSSR count). The highest BCUT2D eigenvalue weighted by Gasteiger charge is 2.20. The molecule has 1 heterocycles. The minimum atomic E-state index is -2.43. The number of carbonyl (C=O) groups excluding carboxylic acids is 1. The third kappa shape index (κ3) is 3.38. The van der Waals surface area contributed by atoms with Gasteiger partial charge in [-0.05, 0) is 0 Å². The molecule has 0 bridgehead atoms. The molecule has 0 spiro atoms. The minimum absolute atomic E-state index is 0.129. The van der Waals surface area contributed by atoms with E-state index in [-0.39, 0.29) is 16.7 Å². The molecule has 1 aromatic heterocycles. The number of carbonyl (C=O) groups is 1. The third-order valence-corrected chi connectivity index (χ3v) is 2.68. The Hall–Kier alpha value is -1.28. The minimum Gasteiger partial charge on any atom is -0.608 e. The average Bonchev–Trinajstić information content (AvgIpc) is 2.73. The van der Waals surface area contributed by atoms with Crippen LogP contribution in [0.2, 0.25) is 0 Å². The standard InChI is InChI=1S/C8H6F3NO3S/c9-6(7(10)11)1-2-16(14)8-12-3-5(4-13)15-8/h3-4H,1-2H2. The molecule has 1 atom stereocenters. The van der Waals surface area contributed by atoms with Crippen molar-refractivity contribution in [3.63, 3.8) is 0 Å². The fourth-order valence-corrected chi connectivity index (χ4v) is 1.69. The van der Waals surface area contributed by atoms with Gasteiger partial charge in [0.25, 0.3) is 0 Å². The molecular formula is C8H6F3NO3S. The number of aromatic nitrogens is 1. The summed E-state index contributed by atoms with van der Waals surface area (Å²) in [6.07, 6.45) is -1.70. The Labute approximate surface area is 91.3 Å². The lowest BCUT2D eigenvalue weighted by atomic mass is 10.4. The van der Waals surface area contributed by atoms with Crippen LogP contribution in [-0.4, -0.2) is 21.6 Å². The normalized spacial score (nSPS) is 12.2. The molecule has 1 aromatic rings. The lowest BCUT2D eigenvalue weighted by Crippen LogP contribution is -2.07. The van der Waals surface area contributed by atoms with Gasteiger partial charge in [0.05, 0.1) is 12.6 Å². The number of rotatable bonds is 5. The molecule has 0 N–H and O–H groups in total. The third-order valence-electron chi connectivity index (χ3n) is 1.53. The van der Waals surface area contributed by atoms with E-state index in [4.69, 9.17) is 0 Å². The number of nitrogens with zero attached hydrogens (tertiary/aromatic N) is 1. The predicted molar refractivity (Wildman–Crippen MR) is 48.1 cm³/mol. The van der Waals surface area contributed by atoms with Gasteiger partial charge < -0.3 is 8.97 Å². The van der Waals surface area contributed by atoms with E-state index >= 15 is 0 Å². The summed E-state index contributed by atoms with van der Waals surface area (Å²) in [5.74, 6) is -2.13. The van der Waals surface area contributed by atoms with E-state index in [2.05, 4.69) is 9.40 Å². The predicted octanol–water partition coefficient (Wildman–Crippen LogP) is 2.06. The summed E-state index contributed by atoms with van der Waals surface area (Å²) in [6, 6.07) is 0. The smallest absolute Gasteiger partial charge is 0.415 e. The Bertz CT molecular complexity index is 403. The van der Waals surface area contributed by atoms with E-state index in [1.807, 2.05) is 0 Å². The number of oxazole rings is 1. The van der Waals surface area contributed by atoms with Gasteiger partial charge in [-0.1, -0.05) is 0 Å². The van der Waals surface area contributed by atoms with Crippen LogP contribution in [0.3, 0.4) is 0 Å². The van der Waals surface area contributed by atoms with Gasteiger partial charge in [-0.25, -0.2) is 4.39 Å². The van der Waals surface area contributed by atoms with Crippen molar-refractivity contribution >= 4 is 17.5 Å². The van der Waals surface area contributed by atoms with Gasteiger partial charge in [-0.3, -0.25) is 4.79 Å². The number of aldehydes is 1. The van der Waals surface area contributed by atoms with Gasteiger partial charge in [0.2, 0.25) is 0 Å². The van der Waals surface area contributed by atoms with Crippen molar-refractivity contribution in [1.29, 1.82) is 0 Å². The van der Waals surface area contributed by atoms with Crippen molar-refractivity contribution in [2.75, 3.05) is 5.75 Å². The Kier molecular flexibility index (Phi) is 4.56. The molecule has 8 heteroatoms. The number of allylic oxidation sites excluding steroid dienone is 1. The molecule has 0 saturated carbocycles. The fraction of sp³-hybridized carbons (Fsp3) is 0.250. The van der Waals surface area contributed by atoms with Crippen LogP contribution in [0, 0.1) is 0 Å². The van der Waals surface area contributed by atoms with Crippen LogP contribution in [0.5, 0.6) is 0 Å². The van der Waals surface area contributed by atoms with Crippen molar-refractivity contribution in [2.24, 2.45) is 0 Å². The maximum absolute atomic E-state index is 12.4. The molecular weight excluding hydrogens is 247 g/mol.